The van der Waals surface area contributed by atoms with Gasteiger partial charge in [-0.1, -0.05) is 36.4 Å². The maximum Gasteiger partial charge on any atom is 0.268 e. The van der Waals surface area contributed by atoms with Crippen LogP contribution in [0.5, 0.6) is 0 Å². The molecule has 4 nitrogen and oxygen atoms in total. The van der Waals surface area contributed by atoms with Crippen molar-refractivity contribution in [1.29, 1.82) is 5.26 Å². The number of carbonyl (C=O) groups is 1. The van der Waals surface area contributed by atoms with Crippen molar-refractivity contribution in [2.24, 2.45) is 0 Å². The Morgan fingerprint density at radius 2 is 1.95 bits per heavy atom. The van der Waals surface area contributed by atoms with E-state index in [2.05, 4.69) is 16.4 Å². The summed E-state index contributed by atoms with van der Waals surface area (Å²) in [5, 5.41) is 11.7. The average molecular weight is 305 g/mol. The maximum absolute atomic E-state index is 12.4. The fourth-order valence-corrected chi connectivity index (χ4v) is 2.77. The van der Waals surface area contributed by atoms with E-state index in [4.69, 9.17) is 5.26 Å². The summed E-state index contributed by atoms with van der Waals surface area (Å²) < 4.78 is 0. The Morgan fingerprint density at radius 3 is 2.73 bits per heavy atom. The molecule has 3 rings (SSSR count). The molecule has 0 fully saturated rings. The van der Waals surface area contributed by atoms with Crippen molar-refractivity contribution in [3.8, 4) is 17.3 Å². The van der Waals surface area contributed by atoms with Gasteiger partial charge in [-0.15, -0.1) is 11.3 Å². The maximum atomic E-state index is 12.4. The molecule has 3 aromatic rings. The predicted molar refractivity (Wildman–Crippen MR) is 86.7 cm³/mol. The van der Waals surface area contributed by atoms with Crippen LogP contribution >= 0.6 is 11.3 Å². The van der Waals surface area contributed by atoms with Gasteiger partial charge in [-0.2, -0.15) is 5.26 Å². The summed E-state index contributed by atoms with van der Waals surface area (Å²) in [6.45, 7) is 0. The van der Waals surface area contributed by atoms with E-state index in [0.29, 0.717) is 21.8 Å². The van der Waals surface area contributed by atoms with Crippen molar-refractivity contribution >= 4 is 22.9 Å². The van der Waals surface area contributed by atoms with Gasteiger partial charge in [-0.05, 0) is 18.2 Å². The molecule has 0 aliphatic rings. The molecule has 0 bridgehead atoms. The number of thiazole rings is 1. The van der Waals surface area contributed by atoms with Gasteiger partial charge in [0, 0.05) is 11.3 Å². The van der Waals surface area contributed by atoms with E-state index in [-0.39, 0.29) is 5.91 Å². The molecule has 1 heterocycles. The van der Waals surface area contributed by atoms with Crippen LogP contribution in [0.4, 0.5) is 5.69 Å². The molecule has 0 radical (unpaired) electrons. The zero-order valence-corrected chi connectivity index (χ0v) is 12.3. The van der Waals surface area contributed by atoms with Crippen molar-refractivity contribution in [3.63, 3.8) is 0 Å². The molecule has 106 valence electrons. The third kappa shape index (κ3) is 2.87. The van der Waals surface area contributed by atoms with Gasteiger partial charge in [0.2, 0.25) is 0 Å². The minimum absolute atomic E-state index is 0.226. The van der Waals surface area contributed by atoms with Crippen LogP contribution in [0.3, 0.4) is 0 Å². The minimum atomic E-state index is -0.226. The molecule has 0 aliphatic carbocycles. The van der Waals surface area contributed by atoms with E-state index < -0.39 is 0 Å². The van der Waals surface area contributed by atoms with Crippen LogP contribution in [0.1, 0.15) is 15.2 Å². The molecule has 1 amide bonds. The largest absolute Gasteiger partial charge is 0.321 e. The summed E-state index contributed by atoms with van der Waals surface area (Å²) >= 11 is 1.29. The van der Waals surface area contributed by atoms with Crippen molar-refractivity contribution in [3.05, 3.63) is 70.5 Å². The van der Waals surface area contributed by atoms with E-state index in [1.807, 2.05) is 30.3 Å². The summed E-state index contributed by atoms with van der Waals surface area (Å²) in [6.07, 6.45) is 0. The predicted octanol–water partition coefficient (Wildman–Crippen LogP) is 3.93. The molecule has 2 aromatic carbocycles. The number of nitrogens with zero attached hydrogens (tertiary/aromatic N) is 2. The van der Waals surface area contributed by atoms with Gasteiger partial charge in [-0.3, -0.25) is 4.79 Å². The van der Waals surface area contributed by atoms with E-state index in [9.17, 15) is 4.79 Å². The number of amides is 1. The highest BCUT2D eigenvalue weighted by atomic mass is 32.1. The highest BCUT2D eigenvalue weighted by molar-refractivity contribution is 7.12. The van der Waals surface area contributed by atoms with Crippen LogP contribution in [0.15, 0.2) is 60.1 Å². The second-order valence-corrected chi connectivity index (χ2v) is 5.40. The Hall–Kier alpha value is -2.97. The van der Waals surface area contributed by atoms with E-state index in [1.54, 1.807) is 29.8 Å². The first-order chi connectivity index (χ1) is 10.8. The van der Waals surface area contributed by atoms with Crippen LogP contribution in [-0.4, -0.2) is 10.9 Å². The molecule has 0 spiro atoms. The summed E-state index contributed by atoms with van der Waals surface area (Å²) in [4.78, 5) is 17.3. The van der Waals surface area contributed by atoms with Crippen LogP contribution in [0.25, 0.3) is 11.3 Å². The lowest BCUT2D eigenvalue weighted by Gasteiger charge is -2.05. The van der Waals surface area contributed by atoms with Gasteiger partial charge < -0.3 is 5.32 Å². The summed E-state index contributed by atoms with van der Waals surface area (Å²) in [7, 11) is 0. The van der Waals surface area contributed by atoms with Gasteiger partial charge in [-0.25, -0.2) is 4.98 Å². The monoisotopic (exact) mass is 305 g/mol. The number of nitrogens with one attached hydrogen (secondary N) is 1. The topological polar surface area (TPSA) is 65.8 Å². The van der Waals surface area contributed by atoms with E-state index >= 15 is 0 Å². The standard InChI is InChI=1S/C17H11N3OS/c18-10-12-5-4-8-14(9-12)20-17(21)16-15(19-11-22-16)13-6-2-1-3-7-13/h1-9,11H,(H,20,21). The van der Waals surface area contributed by atoms with Gasteiger partial charge in [0.15, 0.2) is 0 Å². The third-order valence-corrected chi connectivity index (χ3v) is 3.90. The highest BCUT2D eigenvalue weighted by Gasteiger charge is 2.16. The first kappa shape index (κ1) is 14.0. The van der Waals surface area contributed by atoms with Gasteiger partial charge >= 0.3 is 0 Å². The number of carbonyl (C=O) groups excluding carboxylic acids is 1. The first-order valence-electron chi connectivity index (χ1n) is 6.58. The summed E-state index contributed by atoms with van der Waals surface area (Å²) in [5.41, 5.74) is 4.32. The van der Waals surface area contributed by atoms with Gasteiger partial charge in [0.1, 0.15) is 4.88 Å². The van der Waals surface area contributed by atoms with Crippen LogP contribution in [-0.2, 0) is 0 Å². The number of nitriles is 1. The van der Waals surface area contributed by atoms with Crippen molar-refractivity contribution in [2.45, 2.75) is 0 Å². The van der Waals surface area contributed by atoms with Crippen LogP contribution < -0.4 is 5.32 Å². The van der Waals surface area contributed by atoms with Crippen LogP contribution in [0.2, 0.25) is 0 Å². The second kappa shape index (κ2) is 6.20. The Morgan fingerprint density at radius 1 is 1.14 bits per heavy atom. The quantitative estimate of drug-likeness (QED) is 0.797. The van der Waals surface area contributed by atoms with E-state index in [0.717, 1.165) is 5.56 Å². The second-order valence-electron chi connectivity index (χ2n) is 4.54. The smallest absolute Gasteiger partial charge is 0.268 e. The van der Waals surface area contributed by atoms with Gasteiger partial charge in [0.25, 0.3) is 5.91 Å². The molecule has 0 saturated heterocycles. The third-order valence-electron chi connectivity index (χ3n) is 3.07. The lowest BCUT2D eigenvalue weighted by molar-refractivity contribution is 0.103. The summed E-state index contributed by atoms with van der Waals surface area (Å²) in [6, 6.07) is 18.4. The molecular weight excluding hydrogens is 294 g/mol. The van der Waals surface area contributed by atoms with Crippen molar-refractivity contribution in [2.75, 3.05) is 5.32 Å². The Kier molecular flexibility index (Phi) is 3.95. The number of hydrogen-bond acceptors (Lipinski definition) is 4. The molecule has 0 saturated carbocycles. The number of benzene rings is 2. The molecule has 0 unspecified atom stereocenters. The Balaban J connectivity index is 1.88. The molecule has 1 aromatic heterocycles. The normalized spacial score (nSPS) is 9.95. The average Bonchev–Trinajstić information content (AvgIpc) is 3.05. The molecule has 22 heavy (non-hydrogen) atoms. The Bertz CT molecular complexity index is 850. The molecule has 0 aliphatic heterocycles. The number of hydrogen-bond donors (Lipinski definition) is 1. The number of rotatable bonds is 3. The SMILES string of the molecule is N#Cc1cccc(NC(=O)c2scnc2-c2ccccc2)c1. The minimum Gasteiger partial charge on any atom is -0.321 e. The fourth-order valence-electron chi connectivity index (χ4n) is 2.06. The molecule has 0 atom stereocenters. The van der Waals surface area contributed by atoms with Crippen molar-refractivity contribution in [1.82, 2.24) is 4.98 Å². The van der Waals surface area contributed by atoms with E-state index in [1.165, 1.54) is 11.3 Å². The molecular formula is C17H11N3OS. The highest BCUT2D eigenvalue weighted by Crippen LogP contribution is 2.26. The molecule has 5 heteroatoms. The zero-order valence-electron chi connectivity index (χ0n) is 11.5. The number of anilines is 1. The fraction of sp³-hybridized carbons (Fsp3) is 0. The van der Waals surface area contributed by atoms with Crippen LogP contribution in [0, 0.1) is 11.3 Å². The van der Waals surface area contributed by atoms with Crippen molar-refractivity contribution < 1.29 is 4.79 Å². The first-order valence-corrected chi connectivity index (χ1v) is 7.46. The lowest BCUT2D eigenvalue weighted by Crippen LogP contribution is -2.11. The molecule has 1 N–H and O–H groups in total. The van der Waals surface area contributed by atoms with Gasteiger partial charge in [0.05, 0.1) is 22.8 Å². The number of aromatic nitrogens is 1. The zero-order chi connectivity index (χ0) is 15.4. The Labute approximate surface area is 131 Å². The summed E-state index contributed by atoms with van der Waals surface area (Å²) in [5.74, 6) is -0.226. The lowest BCUT2D eigenvalue weighted by atomic mass is 10.1.